The molecule has 3 aromatic carbocycles. The summed E-state index contributed by atoms with van der Waals surface area (Å²) in [4.78, 5) is 4.65. The Bertz CT molecular complexity index is 1180. The first kappa shape index (κ1) is 20.4. The predicted molar refractivity (Wildman–Crippen MR) is 131 cm³/mol. The lowest BCUT2D eigenvalue weighted by molar-refractivity contribution is 0.355. The molecule has 3 atom stereocenters. The van der Waals surface area contributed by atoms with E-state index >= 15 is 0 Å². The third-order valence-electron chi connectivity index (χ3n) is 6.54. The molecule has 0 amide bonds. The number of hydrogen-bond acceptors (Lipinski definition) is 4. The average Bonchev–Trinajstić information content (AvgIpc) is 3.33. The number of methoxy groups -OCH3 is 2. The molecule has 0 aromatic heterocycles. The number of nitrogens with one attached hydrogen (secondary N) is 1. The van der Waals surface area contributed by atoms with Gasteiger partial charge in [0.1, 0.15) is 0 Å². The highest BCUT2D eigenvalue weighted by Gasteiger charge is 2.37. The van der Waals surface area contributed by atoms with Crippen LogP contribution in [0.3, 0.4) is 0 Å². The summed E-state index contributed by atoms with van der Waals surface area (Å²) in [6.07, 6.45) is 7.68. The standard InChI is InChI=1S/C28H28N2O2/c1-18-7-13-25-24(15-18)22-5-4-6-23(22)28(30-25)20-9-11-21(12-10-20)29-17-19-8-14-26(31-2)27(16-19)32-3/h4-5,7-17,22-23,28,30H,6H2,1-3H3/t22-,23-,28-/m0/s1. The number of nitrogens with zero attached hydrogens (tertiary/aromatic N) is 1. The van der Waals surface area contributed by atoms with Crippen LogP contribution in [0, 0.1) is 12.8 Å². The molecule has 2 aliphatic rings. The van der Waals surface area contributed by atoms with Gasteiger partial charge in [-0.25, -0.2) is 0 Å². The highest BCUT2D eigenvalue weighted by Crippen LogP contribution is 2.50. The van der Waals surface area contributed by atoms with Crippen molar-refractivity contribution in [1.82, 2.24) is 0 Å². The summed E-state index contributed by atoms with van der Waals surface area (Å²) in [6, 6.07) is 21.4. The van der Waals surface area contributed by atoms with E-state index in [1.165, 1.54) is 22.4 Å². The number of ether oxygens (including phenoxy) is 2. The molecule has 32 heavy (non-hydrogen) atoms. The molecule has 0 radical (unpaired) electrons. The first-order valence-corrected chi connectivity index (χ1v) is 11.1. The van der Waals surface area contributed by atoms with Gasteiger partial charge in [-0.2, -0.15) is 0 Å². The zero-order valence-corrected chi connectivity index (χ0v) is 18.7. The number of benzene rings is 3. The van der Waals surface area contributed by atoms with Gasteiger partial charge >= 0.3 is 0 Å². The molecule has 162 valence electrons. The summed E-state index contributed by atoms with van der Waals surface area (Å²) in [5.74, 6) is 2.44. The van der Waals surface area contributed by atoms with E-state index in [-0.39, 0.29) is 0 Å². The van der Waals surface area contributed by atoms with E-state index < -0.39 is 0 Å². The normalized spacial score (nSPS) is 21.2. The lowest BCUT2D eigenvalue weighted by Crippen LogP contribution is -2.29. The predicted octanol–water partition coefficient (Wildman–Crippen LogP) is 6.59. The Morgan fingerprint density at radius 3 is 2.53 bits per heavy atom. The topological polar surface area (TPSA) is 42.8 Å². The molecule has 1 aliphatic heterocycles. The van der Waals surface area contributed by atoms with Gasteiger partial charge < -0.3 is 14.8 Å². The lowest BCUT2D eigenvalue weighted by Gasteiger charge is -2.37. The van der Waals surface area contributed by atoms with E-state index in [2.05, 4.69) is 71.8 Å². The number of allylic oxidation sites excluding steroid dienone is 2. The van der Waals surface area contributed by atoms with Gasteiger partial charge in [-0.05, 0) is 72.4 Å². The maximum absolute atomic E-state index is 5.38. The van der Waals surface area contributed by atoms with Crippen molar-refractivity contribution >= 4 is 17.6 Å². The van der Waals surface area contributed by atoms with E-state index in [4.69, 9.17) is 9.47 Å². The van der Waals surface area contributed by atoms with Gasteiger partial charge in [0.05, 0.1) is 25.9 Å². The maximum atomic E-state index is 5.38. The minimum atomic E-state index is 0.300. The highest BCUT2D eigenvalue weighted by molar-refractivity contribution is 5.83. The number of aliphatic imine (C=N–C) groups is 1. The van der Waals surface area contributed by atoms with Crippen LogP contribution in [-0.4, -0.2) is 20.4 Å². The third-order valence-corrected chi connectivity index (χ3v) is 6.54. The molecule has 1 heterocycles. The summed E-state index contributed by atoms with van der Waals surface area (Å²) in [5, 5.41) is 3.81. The second-order valence-corrected chi connectivity index (χ2v) is 8.53. The second-order valence-electron chi connectivity index (χ2n) is 8.53. The summed E-state index contributed by atoms with van der Waals surface area (Å²) in [6.45, 7) is 2.17. The van der Waals surface area contributed by atoms with Gasteiger partial charge in [-0.1, -0.05) is 42.0 Å². The quantitative estimate of drug-likeness (QED) is 0.371. The summed E-state index contributed by atoms with van der Waals surface area (Å²) >= 11 is 0. The van der Waals surface area contributed by atoms with Crippen LogP contribution in [0.4, 0.5) is 11.4 Å². The Morgan fingerprint density at radius 2 is 1.75 bits per heavy atom. The van der Waals surface area contributed by atoms with Crippen molar-refractivity contribution in [2.75, 3.05) is 19.5 Å². The second kappa shape index (κ2) is 8.54. The van der Waals surface area contributed by atoms with Crippen LogP contribution in [0.5, 0.6) is 11.5 Å². The van der Waals surface area contributed by atoms with E-state index in [1.807, 2.05) is 24.4 Å². The summed E-state index contributed by atoms with van der Waals surface area (Å²) in [7, 11) is 3.28. The third kappa shape index (κ3) is 3.77. The van der Waals surface area contributed by atoms with Gasteiger partial charge in [-0.15, -0.1) is 0 Å². The molecule has 0 fully saturated rings. The molecule has 3 aromatic rings. The molecule has 0 unspecified atom stereocenters. The van der Waals surface area contributed by atoms with Crippen molar-refractivity contribution in [1.29, 1.82) is 0 Å². The van der Waals surface area contributed by atoms with Crippen LogP contribution in [0.15, 0.2) is 77.8 Å². The number of rotatable bonds is 5. The zero-order chi connectivity index (χ0) is 22.1. The molecule has 0 spiro atoms. The van der Waals surface area contributed by atoms with Gasteiger partial charge in [0.25, 0.3) is 0 Å². The molecule has 0 saturated heterocycles. The smallest absolute Gasteiger partial charge is 0.161 e. The monoisotopic (exact) mass is 424 g/mol. The van der Waals surface area contributed by atoms with Crippen molar-refractivity contribution in [3.63, 3.8) is 0 Å². The van der Waals surface area contributed by atoms with Gasteiger partial charge in [0, 0.05) is 17.8 Å². The fourth-order valence-corrected chi connectivity index (χ4v) is 4.89. The van der Waals surface area contributed by atoms with Gasteiger partial charge in [0.2, 0.25) is 0 Å². The van der Waals surface area contributed by atoms with E-state index in [0.717, 1.165) is 17.7 Å². The van der Waals surface area contributed by atoms with Gasteiger partial charge in [0.15, 0.2) is 11.5 Å². The lowest BCUT2D eigenvalue weighted by atomic mass is 9.76. The molecule has 0 saturated carbocycles. The summed E-state index contributed by atoms with van der Waals surface area (Å²) in [5.41, 5.74) is 7.20. The summed E-state index contributed by atoms with van der Waals surface area (Å²) < 4.78 is 10.7. The van der Waals surface area contributed by atoms with Crippen LogP contribution in [0.2, 0.25) is 0 Å². The van der Waals surface area contributed by atoms with E-state index in [1.54, 1.807) is 14.2 Å². The Labute approximate surface area is 189 Å². The largest absolute Gasteiger partial charge is 0.493 e. The van der Waals surface area contributed by atoms with Gasteiger partial charge in [-0.3, -0.25) is 4.99 Å². The fraction of sp³-hybridized carbons (Fsp3) is 0.250. The Morgan fingerprint density at radius 1 is 0.938 bits per heavy atom. The maximum Gasteiger partial charge on any atom is 0.161 e. The van der Waals surface area contributed by atoms with Crippen LogP contribution >= 0.6 is 0 Å². The molecular formula is C28H28N2O2. The van der Waals surface area contributed by atoms with Crippen LogP contribution < -0.4 is 14.8 Å². The number of hydrogen-bond donors (Lipinski definition) is 1. The Balaban J connectivity index is 1.36. The Hall–Kier alpha value is -3.53. The fourth-order valence-electron chi connectivity index (χ4n) is 4.89. The average molecular weight is 425 g/mol. The van der Waals surface area contributed by atoms with Crippen LogP contribution in [-0.2, 0) is 0 Å². The van der Waals surface area contributed by atoms with Crippen molar-refractivity contribution in [2.45, 2.75) is 25.3 Å². The first-order valence-electron chi connectivity index (χ1n) is 11.1. The molecule has 4 heteroatoms. The van der Waals surface area contributed by atoms with Crippen molar-refractivity contribution in [3.05, 3.63) is 95.1 Å². The SMILES string of the molecule is COc1ccc(C=Nc2ccc([C@@H]3Nc4ccc(C)cc4[C@H]4C=CC[C@@H]43)cc2)cc1OC. The highest BCUT2D eigenvalue weighted by atomic mass is 16.5. The molecule has 5 rings (SSSR count). The number of fused-ring (bicyclic) bond motifs is 3. The molecule has 1 aliphatic carbocycles. The Kier molecular flexibility index (Phi) is 5.44. The number of anilines is 1. The van der Waals surface area contributed by atoms with Crippen LogP contribution in [0.25, 0.3) is 0 Å². The van der Waals surface area contributed by atoms with Crippen molar-refractivity contribution in [3.8, 4) is 11.5 Å². The van der Waals surface area contributed by atoms with Crippen molar-refractivity contribution in [2.24, 2.45) is 10.9 Å². The minimum Gasteiger partial charge on any atom is -0.493 e. The van der Waals surface area contributed by atoms with Crippen molar-refractivity contribution < 1.29 is 9.47 Å². The van der Waals surface area contributed by atoms with E-state index in [9.17, 15) is 0 Å². The zero-order valence-electron chi connectivity index (χ0n) is 18.7. The minimum absolute atomic E-state index is 0.300. The molecule has 0 bridgehead atoms. The van der Waals surface area contributed by atoms with E-state index in [0.29, 0.717) is 29.4 Å². The molecule has 1 N–H and O–H groups in total. The molecule has 4 nitrogen and oxygen atoms in total. The van der Waals surface area contributed by atoms with Crippen LogP contribution in [0.1, 0.15) is 40.6 Å². The number of aryl methyl sites for hydroxylation is 1. The molecular weight excluding hydrogens is 396 g/mol. The first-order chi connectivity index (χ1) is 15.7.